The second kappa shape index (κ2) is 4.65. The number of carboxylic acids is 1. The molecule has 0 aliphatic heterocycles. The zero-order valence-corrected chi connectivity index (χ0v) is 10.1. The van der Waals surface area contributed by atoms with E-state index in [0.29, 0.717) is 16.2 Å². The monoisotopic (exact) mass is 267 g/mol. The van der Waals surface area contributed by atoms with E-state index >= 15 is 0 Å². The zero-order valence-electron chi connectivity index (χ0n) is 9.28. The average molecular weight is 267 g/mol. The van der Waals surface area contributed by atoms with Crippen LogP contribution in [0.2, 0.25) is 0 Å². The molecule has 1 atom stereocenters. The standard InChI is InChI=1S/C10H9N3O4S/c1-5(9(14)15)18-10-11-7-3-2-6(13(16)17)4-8(7)12-10/h2-5H,1H3,(H,11,12)(H,14,15). The molecule has 0 aliphatic rings. The predicted octanol–water partition coefficient (Wildman–Crippen LogP) is 2.04. The summed E-state index contributed by atoms with van der Waals surface area (Å²) in [6.07, 6.45) is 0. The molecule has 0 radical (unpaired) electrons. The molecule has 2 N–H and O–H groups in total. The van der Waals surface area contributed by atoms with Crippen molar-refractivity contribution in [2.75, 3.05) is 0 Å². The van der Waals surface area contributed by atoms with Crippen molar-refractivity contribution >= 4 is 34.5 Å². The Hall–Kier alpha value is -2.09. The Balaban J connectivity index is 2.32. The van der Waals surface area contributed by atoms with Gasteiger partial charge in [-0.1, -0.05) is 11.8 Å². The summed E-state index contributed by atoms with van der Waals surface area (Å²) < 4.78 is 0. The number of benzene rings is 1. The van der Waals surface area contributed by atoms with Crippen molar-refractivity contribution in [3.63, 3.8) is 0 Å². The van der Waals surface area contributed by atoms with E-state index in [9.17, 15) is 14.9 Å². The number of aliphatic carboxylic acids is 1. The summed E-state index contributed by atoms with van der Waals surface area (Å²) >= 11 is 1.06. The van der Waals surface area contributed by atoms with Crippen molar-refractivity contribution < 1.29 is 14.8 Å². The second-order valence-corrected chi connectivity index (χ2v) is 4.93. The molecule has 0 spiro atoms. The van der Waals surface area contributed by atoms with Gasteiger partial charge in [0, 0.05) is 12.1 Å². The van der Waals surface area contributed by atoms with Crippen LogP contribution in [0.1, 0.15) is 6.92 Å². The van der Waals surface area contributed by atoms with Gasteiger partial charge in [0.05, 0.1) is 16.0 Å². The number of rotatable bonds is 4. The molecule has 1 aromatic carbocycles. The van der Waals surface area contributed by atoms with Crippen molar-refractivity contribution in [3.8, 4) is 0 Å². The lowest BCUT2D eigenvalue weighted by molar-refractivity contribution is -0.384. The third-order valence-corrected chi connectivity index (χ3v) is 3.26. The molecule has 1 aromatic heterocycles. The number of nitrogens with one attached hydrogen (secondary N) is 1. The number of aromatic amines is 1. The number of carbonyl (C=O) groups is 1. The number of carboxylic acid groups (broad SMARTS) is 1. The topological polar surface area (TPSA) is 109 Å². The van der Waals surface area contributed by atoms with Crippen LogP contribution in [-0.4, -0.2) is 31.2 Å². The lowest BCUT2D eigenvalue weighted by Crippen LogP contribution is -2.11. The molecule has 94 valence electrons. The van der Waals surface area contributed by atoms with E-state index in [1.54, 1.807) is 6.92 Å². The Kier molecular flexibility index (Phi) is 3.19. The molecule has 0 saturated carbocycles. The van der Waals surface area contributed by atoms with E-state index in [-0.39, 0.29) is 5.69 Å². The van der Waals surface area contributed by atoms with Crippen molar-refractivity contribution in [3.05, 3.63) is 28.3 Å². The van der Waals surface area contributed by atoms with Gasteiger partial charge in [0.15, 0.2) is 5.16 Å². The maximum Gasteiger partial charge on any atom is 0.316 e. The number of nitro groups is 1. The highest BCUT2D eigenvalue weighted by Gasteiger charge is 2.16. The van der Waals surface area contributed by atoms with Crippen LogP contribution in [0, 0.1) is 10.1 Å². The summed E-state index contributed by atoms with van der Waals surface area (Å²) in [5.41, 5.74) is 1.05. The molecule has 0 amide bonds. The van der Waals surface area contributed by atoms with Crippen molar-refractivity contribution in [2.24, 2.45) is 0 Å². The van der Waals surface area contributed by atoms with Crippen molar-refractivity contribution in [2.45, 2.75) is 17.3 Å². The molecule has 18 heavy (non-hydrogen) atoms. The molecule has 8 heteroatoms. The number of nitrogens with zero attached hydrogens (tertiary/aromatic N) is 2. The average Bonchev–Trinajstić information content (AvgIpc) is 2.69. The largest absolute Gasteiger partial charge is 0.480 e. The van der Waals surface area contributed by atoms with Gasteiger partial charge in [-0.25, -0.2) is 4.98 Å². The number of imidazole rings is 1. The maximum absolute atomic E-state index is 10.7. The maximum atomic E-state index is 10.7. The van der Waals surface area contributed by atoms with Crippen LogP contribution in [0.15, 0.2) is 23.4 Å². The Morgan fingerprint density at radius 2 is 2.33 bits per heavy atom. The summed E-state index contributed by atoms with van der Waals surface area (Å²) in [7, 11) is 0. The first kappa shape index (κ1) is 12.4. The highest BCUT2D eigenvalue weighted by molar-refractivity contribution is 8.00. The van der Waals surface area contributed by atoms with Crippen molar-refractivity contribution in [1.82, 2.24) is 9.97 Å². The number of thioether (sulfide) groups is 1. The van der Waals surface area contributed by atoms with Crippen LogP contribution < -0.4 is 0 Å². The van der Waals surface area contributed by atoms with E-state index < -0.39 is 16.1 Å². The molecular formula is C10H9N3O4S. The smallest absolute Gasteiger partial charge is 0.316 e. The second-order valence-electron chi connectivity index (χ2n) is 3.60. The van der Waals surface area contributed by atoms with E-state index in [1.165, 1.54) is 18.2 Å². The fourth-order valence-electron chi connectivity index (χ4n) is 1.36. The molecular weight excluding hydrogens is 258 g/mol. The zero-order chi connectivity index (χ0) is 13.3. The molecule has 0 fully saturated rings. The minimum absolute atomic E-state index is 0.0333. The van der Waals surface area contributed by atoms with Gasteiger partial charge in [-0.15, -0.1) is 0 Å². The van der Waals surface area contributed by atoms with E-state index in [4.69, 9.17) is 5.11 Å². The van der Waals surface area contributed by atoms with Crippen LogP contribution in [0.5, 0.6) is 0 Å². The van der Waals surface area contributed by atoms with Gasteiger partial charge < -0.3 is 10.1 Å². The molecule has 2 rings (SSSR count). The highest BCUT2D eigenvalue weighted by atomic mass is 32.2. The fraction of sp³-hybridized carbons (Fsp3) is 0.200. The fourth-order valence-corrected chi connectivity index (χ4v) is 2.12. The molecule has 2 aromatic rings. The van der Waals surface area contributed by atoms with Crippen molar-refractivity contribution in [1.29, 1.82) is 0 Å². The van der Waals surface area contributed by atoms with Gasteiger partial charge in [-0.3, -0.25) is 14.9 Å². The summed E-state index contributed by atoms with van der Waals surface area (Å²) in [5, 5.41) is 19.2. The predicted molar refractivity (Wildman–Crippen MR) is 65.7 cm³/mol. The number of fused-ring (bicyclic) bond motifs is 1. The van der Waals surface area contributed by atoms with Gasteiger partial charge in [0.25, 0.3) is 5.69 Å². The van der Waals surface area contributed by atoms with Crippen LogP contribution in [0.25, 0.3) is 11.0 Å². The number of hydrogen-bond donors (Lipinski definition) is 2. The van der Waals surface area contributed by atoms with E-state index in [1.807, 2.05) is 0 Å². The van der Waals surface area contributed by atoms with Gasteiger partial charge >= 0.3 is 5.97 Å². The molecule has 7 nitrogen and oxygen atoms in total. The minimum atomic E-state index is -0.938. The first-order valence-electron chi connectivity index (χ1n) is 5.01. The summed E-state index contributed by atoms with van der Waals surface area (Å²) in [5.74, 6) is -0.938. The Morgan fingerprint density at radius 3 is 2.94 bits per heavy atom. The van der Waals surface area contributed by atoms with Crippen LogP contribution in [0.4, 0.5) is 5.69 Å². The summed E-state index contributed by atoms with van der Waals surface area (Å²) in [6.45, 7) is 1.54. The van der Waals surface area contributed by atoms with Gasteiger partial charge in [-0.2, -0.15) is 0 Å². The summed E-state index contributed by atoms with van der Waals surface area (Å²) in [6, 6.07) is 4.26. The van der Waals surface area contributed by atoms with Crippen LogP contribution in [0.3, 0.4) is 0 Å². The van der Waals surface area contributed by atoms with Crippen LogP contribution >= 0.6 is 11.8 Å². The first-order chi connectivity index (χ1) is 8.47. The minimum Gasteiger partial charge on any atom is -0.480 e. The number of hydrogen-bond acceptors (Lipinski definition) is 5. The van der Waals surface area contributed by atoms with E-state index in [2.05, 4.69) is 9.97 Å². The van der Waals surface area contributed by atoms with E-state index in [0.717, 1.165) is 11.8 Å². The first-order valence-corrected chi connectivity index (χ1v) is 5.89. The molecule has 0 saturated heterocycles. The SMILES string of the molecule is CC(Sc1nc2ccc([N+](=O)[O-])cc2[nH]1)C(=O)O. The lowest BCUT2D eigenvalue weighted by Gasteiger charge is -2.00. The van der Waals surface area contributed by atoms with Crippen LogP contribution in [-0.2, 0) is 4.79 Å². The summed E-state index contributed by atoms with van der Waals surface area (Å²) in [4.78, 5) is 27.8. The molecule has 0 bridgehead atoms. The van der Waals surface area contributed by atoms with Gasteiger partial charge in [0.1, 0.15) is 5.25 Å². The number of nitro benzene ring substituents is 1. The quantitative estimate of drug-likeness (QED) is 0.498. The number of H-pyrrole nitrogens is 1. The van der Waals surface area contributed by atoms with Gasteiger partial charge in [-0.05, 0) is 13.0 Å². The molecule has 1 unspecified atom stereocenters. The van der Waals surface area contributed by atoms with Gasteiger partial charge in [0.2, 0.25) is 0 Å². The Bertz CT molecular complexity index is 625. The third-order valence-electron chi connectivity index (χ3n) is 2.29. The molecule has 1 heterocycles. The highest BCUT2D eigenvalue weighted by Crippen LogP contribution is 2.25. The number of aromatic nitrogens is 2. The normalized spacial score (nSPS) is 12.5. The Morgan fingerprint density at radius 1 is 1.61 bits per heavy atom. The third kappa shape index (κ3) is 2.43. The lowest BCUT2D eigenvalue weighted by atomic mass is 10.3. The Labute approximate surface area is 105 Å². The molecule has 0 aliphatic carbocycles. The number of non-ortho nitro benzene ring substituents is 1.